The van der Waals surface area contributed by atoms with Crippen molar-refractivity contribution in [1.29, 1.82) is 0 Å². The molecular weight excluding hydrogens is 222 g/mol. The van der Waals surface area contributed by atoms with Crippen molar-refractivity contribution >= 4 is 5.97 Å². The third kappa shape index (κ3) is 3.64. The van der Waals surface area contributed by atoms with Gasteiger partial charge in [-0.15, -0.1) is 0 Å². The molecule has 0 bridgehead atoms. The molecule has 0 amide bonds. The van der Waals surface area contributed by atoms with Crippen molar-refractivity contribution < 1.29 is 19.4 Å². The quantitative estimate of drug-likeness (QED) is 0.758. The topological polar surface area (TPSA) is 81.8 Å². The molecule has 5 nitrogen and oxygen atoms in total. The lowest BCUT2D eigenvalue weighted by atomic mass is 10.0. The van der Waals surface area contributed by atoms with Crippen LogP contribution in [0, 0.1) is 0 Å². The second-order valence-electron chi connectivity index (χ2n) is 3.55. The van der Waals surface area contributed by atoms with Crippen LogP contribution in [0.4, 0.5) is 0 Å². The van der Waals surface area contributed by atoms with E-state index >= 15 is 0 Å². The smallest absolute Gasteiger partial charge is 0.307 e. The lowest BCUT2D eigenvalue weighted by Crippen LogP contribution is -2.17. The highest BCUT2D eigenvalue weighted by Crippen LogP contribution is 2.29. The highest BCUT2D eigenvalue weighted by Gasteiger charge is 2.14. The number of hydrogen-bond acceptors (Lipinski definition) is 5. The van der Waals surface area contributed by atoms with E-state index in [-0.39, 0.29) is 18.1 Å². The van der Waals surface area contributed by atoms with E-state index in [1.165, 1.54) is 13.2 Å². The Hall–Kier alpha value is -1.75. The van der Waals surface area contributed by atoms with Gasteiger partial charge in [0.15, 0.2) is 11.5 Å². The summed E-state index contributed by atoms with van der Waals surface area (Å²) >= 11 is 0. The van der Waals surface area contributed by atoms with Gasteiger partial charge in [0.25, 0.3) is 0 Å². The van der Waals surface area contributed by atoms with Crippen LogP contribution in [0.15, 0.2) is 18.2 Å². The number of hydrogen-bond donors (Lipinski definition) is 2. The van der Waals surface area contributed by atoms with Gasteiger partial charge < -0.3 is 20.3 Å². The average Bonchev–Trinajstić information content (AvgIpc) is 2.29. The third-order valence-corrected chi connectivity index (χ3v) is 2.32. The first-order valence-corrected chi connectivity index (χ1v) is 5.36. The highest BCUT2D eigenvalue weighted by atomic mass is 16.5. The summed E-state index contributed by atoms with van der Waals surface area (Å²) < 4.78 is 9.72. The monoisotopic (exact) mass is 239 g/mol. The number of benzene rings is 1. The minimum absolute atomic E-state index is 0.00399. The molecule has 0 saturated heterocycles. The van der Waals surface area contributed by atoms with Crippen LogP contribution in [-0.4, -0.2) is 24.8 Å². The molecule has 0 saturated carbocycles. The molecule has 0 radical (unpaired) electrons. The van der Waals surface area contributed by atoms with Gasteiger partial charge in [-0.3, -0.25) is 4.79 Å². The number of rotatable bonds is 5. The molecule has 5 heteroatoms. The summed E-state index contributed by atoms with van der Waals surface area (Å²) in [6.07, 6.45) is 0.0829. The number of esters is 1. The van der Waals surface area contributed by atoms with Crippen molar-refractivity contribution in [2.45, 2.75) is 19.4 Å². The van der Waals surface area contributed by atoms with Crippen molar-refractivity contribution in [3.63, 3.8) is 0 Å². The van der Waals surface area contributed by atoms with E-state index in [2.05, 4.69) is 0 Å². The van der Waals surface area contributed by atoms with Crippen LogP contribution in [0.2, 0.25) is 0 Å². The highest BCUT2D eigenvalue weighted by molar-refractivity contribution is 5.70. The van der Waals surface area contributed by atoms with Crippen LogP contribution in [0.1, 0.15) is 24.9 Å². The first kappa shape index (κ1) is 13.3. The molecule has 1 rings (SSSR count). The van der Waals surface area contributed by atoms with Gasteiger partial charge in [0.2, 0.25) is 0 Å². The molecule has 0 aromatic heterocycles. The van der Waals surface area contributed by atoms with Crippen molar-refractivity contribution in [1.82, 2.24) is 0 Å². The predicted octanol–water partition coefficient (Wildman–Crippen LogP) is 1.35. The Morgan fingerprint density at radius 1 is 1.53 bits per heavy atom. The number of carbonyl (C=O) groups is 1. The number of carbonyl (C=O) groups excluding carboxylic acids is 1. The summed E-state index contributed by atoms with van der Waals surface area (Å²) in [4.78, 5) is 11.2. The van der Waals surface area contributed by atoms with Crippen LogP contribution < -0.4 is 10.5 Å². The van der Waals surface area contributed by atoms with Gasteiger partial charge in [-0.2, -0.15) is 0 Å². The number of methoxy groups -OCH3 is 1. The molecule has 0 fully saturated rings. The van der Waals surface area contributed by atoms with Crippen LogP contribution in [0.3, 0.4) is 0 Å². The first-order valence-electron chi connectivity index (χ1n) is 5.36. The van der Waals surface area contributed by atoms with E-state index in [1.54, 1.807) is 19.1 Å². The van der Waals surface area contributed by atoms with E-state index < -0.39 is 6.04 Å². The summed E-state index contributed by atoms with van der Waals surface area (Å²) in [6.45, 7) is 2.07. The van der Waals surface area contributed by atoms with Gasteiger partial charge in [-0.25, -0.2) is 0 Å². The van der Waals surface area contributed by atoms with Crippen molar-refractivity contribution in [3.8, 4) is 11.5 Å². The van der Waals surface area contributed by atoms with Crippen LogP contribution in [0.25, 0.3) is 0 Å². The maximum Gasteiger partial charge on any atom is 0.307 e. The van der Waals surface area contributed by atoms with Gasteiger partial charge in [-0.1, -0.05) is 6.07 Å². The lowest BCUT2D eigenvalue weighted by Gasteiger charge is -2.12. The Morgan fingerprint density at radius 3 is 2.76 bits per heavy atom. The Kier molecular flexibility index (Phi) is 4.78. The van der Waals surface area contributed by atoms with Gasteiger partial charge in [0.1, 0.15) is 0 Å². The Bertz CT molecular complexity index is 392. The normalized spacial score (nSPS) is 11.9. The van der Waals surface area contributed by atoms with Crippen LogP contribution in [0.5, 0.6) is 11.5 Å². The molecule has 1 atom stereocenters. The lowest BCUT2D eigenvalue weighted by molar-refractivity contribution is -0.143. The van der Waals surface area contributed by atoms with Crippen molar-refractivity contribution in [2.75, 3.05) is 13.7 Å². The molecule has 17 heavy (non-hydrogen) atoms. The Labute approximate surface area is 100 Å². The fourth-order valence-corrected chi connectivity index (χ4v) is 1.45. The number of phenolic OH excluding ortho intramolecular Hbond substituents is 1. The maximum absolute atomic E-state index is 11.2. The van der Waals surface area contributed by atoms with Crippen molar-refractivity contribution in [3.05, 3.63) is 23.8 Å². The second kappa shape index (κ2) is 6.10. The molecule has 1 unspecified atom stereocenters. The van der Waals surface area contributed by atoms with E-state index in [1.807, 2.05) is 0 Å². The minimum Gasteiger partial charge on any atom is -0.504 e. The fourth-order valence-electron chi connectivity index (χ4n) is 1.45. The summed E-state index contributed by atoms with van der Waals surface area (Å²) in [5.41, 5.74) is 6.50. The van der Waals surface area contributed by atoms with Gasteiger partial charge in [0, 0.05) is 6.04 Å². The number of aromatic hydroxyl groups is 1. The zero-order chi connectivity index (χ0) is 12.8. The number of nitrogens with two attached hydrogens (primary N) is 1. The SMILES string of the molecule is CCOC(=O)CC(N)c1ccc(OC)c(O)c1. The molecule has 0 spiro atoms. The molecule has 3 N–H and O–H groups in total. The largest absolute Gasteiger partial charge is 0.504 e. The fraction of sp³-hybridized carbons (Fsp3) is 0.417. The zero-order valence-corrected chi connectivity index (χ0v) is 9.97. The average molecular weight is 239 g/mol. The number of ether oxygens (including phenoxy) is 2. The molecule has 94 valence electrons. The van der Waals surface area contributed by atoms with E-state index in [0.717, 1.165) is 0 Å². The maximum atomic E-state index is 11.2. The molecule has 0 aliphatic rings. The molecule has 1 aromatic carbocycles. The molecule has 0 aliphatic heterocycles. The summed E-state index contributed by atoms with van der Waals surface area (Å²) in [7, 11) is 1.47. The molecule has 0 heterocycles. The van der Waals surface area contributed by atoms with E-state index in [9.17, 15) is 9.90 Å². The van der Waals surface area contributed by atoms with Gasteiger partial charge >= 0.3 is 5.97 Å². The standard InChI is InChI=1S/C12H17NO4/c1-3-17-12(15)7-9(13)8-4-5-11(16-2)10(14)6-8/h4-6,9,14H,3,7,13H2,1-2H3. The van der Waals surface area contributed by atoms with Crippen LogP contribution in [-0.2, 0) is 9.53 Å². The molecule has 1 aromatic rings. The summed E-state index contributed by atoms with van der Waals surface area (Å²) in [5, 5.41) is 9.58. The van der Waals surface area contributed by atoms with Crippen LogP contribution >= 0.6 is 0 Å². The van der Waals surface area contributed by atoms with E-state index in [0.29, 0.717) is 17.9 Å². The van der Waals surface area contributed by atoms with Crippen molar-refractivity contribution in [2.24, 2.45) is 5.73 Å². The minimum atomic E-state index is -0.495. The second-order valence-corrected chi connectivity index (χ2v) is 3.55. The predicted molar refractivity (Wildman–Crippen MR) is 62.8 cm³/mol. The summed E-state index contributed by atoms with van der Waals surface area (Å²) in [5.74, 6) is 0.0247. The zero-order valence-electron chi connectivity index (χ0n) is 9.97. The Balaban J connectivity index is 2.72. The van der Waals surface area contributed by atoms with E-state index in [4.69, 9.17) is 15.2 Å². The summed E-state index contributed by atoms with van der Waals surface area (Å²) in [6, 6.07) is 4.31. The molecular formula is C12H17NO4. The third-order valence-electron chi connectivity index (χ3n) is 2.32. The van der Waals surface area contributed by atoms with Gasteiger partial charge in [-0.05, 0) is 24.6 Å². The van der Waals surface area contributed by atoms with Gasteiger partial charge in [0.05, 0.1) is 20.1 Å². The molecule has 0 aliphatic carbocycles. The number of phenols is 1. The Morgan fingerprint density at radius 2 is 2.24 bits per heavy atom. The first-order chi connectivity index (χ1) is 8.08.